The van der Waals surface area contributed by atoms with E-state index in [9.17, 15) is 0 Å². The summed E-state index contributed by atoms with van der Waals surface area (Å²) in [5.41, 5.74) is 1.47. The molecule has 16 heavy (non-hydrogen) atoms. The molecule has 86 valence electrons. The third kappa shape index (κ3) is 3.15. The smallest absolute Gasteiger partial charge is 0.101 e. The first kappa shape index (κ1) is 12.9. The van der Waals surface area contributed by atoms with Crippen molar-refractivity contribution < 1.29 is 0 Å². The Morgan fingerprint density at radius 2 is 2.12 bits per heavy atom. The number of hydrogen-bond donors (Lipinski definition) is 1. The van der Waals surface area contributed by atoms with E-state index in [1.807, 2.05) is 6.07 Å². The van der Waals surface area contributed by atoms with E-state index in [0.29, 0.717) is 22.5 Å². The average Bonchev–Trinajstić information content (AvgIpc) is 2.30. The SMILES string of the molecule is CCC(C)C(C)Nc1ccc(Cl)c(C#N)c1. The molecule has 0 aromatic heterocycles. The summed E-state index contributed by atoms with van der Waals surface area (Å²) in [6.07, 6.45) is 1.13. The highest BCUT2D eigenvalue weighted by Crippen LogP contribution is 2.21. The van der Waals surface area contributed by atoms with Crippen LogP contribution in [0.25, 0.3) is 0 Å². The van der Waals surface area contributed by atoms with Gasteiger partial charge in [0.25, 0.3) is 0 Å². The van der Waals surface area contributed by atoms with E-state index in [1.54, 1.807) is 12.1 Å². The molecular formula is C13H17ClN2. The van der Waals surface area contributed by atoms with Gasteiger partial charge in [-0.05, 0) is 31.0 Å². The Morgan fingerprint density at radius 3 is 2.69 bits per heavy atom. The number of nitrogens with one attached hydrogen (secondary N) is 1. The minimum absolute atomic E-state index is 0.387. The van der Waals surface area contributed by atoms with Gasteiger partial charge in [-0.15, -0.1) is 0 Å². The number of hydrogen-bond acceptors (Lipinski definition) is 2. The molecule has 1 aromatic rings. The summed E-state index contributed by atoms with van der Waals surface area (Å²) < 4.78 is 0. The molecule has 0 amide bonds. The number of anilines is 1. The minimum atomic E-state index is 0.387. The van der Waals surface area contributed by atoms with Crippen LogP contribution in [0.3, 0.4) is 0 Å². The van der Waals surface area contributed by atoms with Crippen LogP contribution < -0.4 is 5.32 Å². The Morgan fingerprint density at radius 1 is 1.44 bits per heavy atom. The highest BCUT2D eigenvalue weighted by Gasteiger charge is 2.10. The van der Waals surface area contributed by atoms with E-state index in [2.05, 4.69) is 32.2 Å². The van der Waals surface area contributed by atoms with E-state index in [1.165, 1.54) is 0 Å². The molecule has 0 aliphatic rings. The molecule has 0 radical (unpaired) electrons. The summed E-state index contributed by atoms with van der Waals surface area (Å²) in [5, 5.41) is 12.8. The van der Waals surface area contributed by atoms with Crippen molar-refractivity contribution in [2.24, 2.45) is 5.92 Å². The van der Waals surface area contributed by atoms with E-state index in [-0.39, 0.29) is 0 Å². The van der Waals surface area contributed by atoms with Crippen LogP contribution >= 0.6 is 11.6 Å². The maximum atomic E-state index is 8.87. The summed E-state index contributed by atoms with van der Waals surface area (Å²) in [6, 6.07) is 7.92. The van der Waals surface area contributed by atoms with Crippen LogP contribution in [0.15, 0.2) is 18.2 Å². The molecule has 2 unspecified atom stereocenters. The van der Waals surface area contributed by atoms with Gasteiger partial charge in [-0.25, -0.2) is 0 Å². The zero-order valence-electron chi connectivity index (χ0n) is 9.92. The van der Waals surface area contributed by atoms with Crippen LogP contribution in [0, 0.1) is 17.2 Å². The second kappa shape index (κ2) is 5.77. The van der Waals surface area contributed by atoms with Gasteiger partial charge in [0, 0.05) is 11.7 Å². The minimum Gasteiger partial charge on any atom is -0.382 e. The predicted molar refractivity (Wildman–Crippen MR) is 68.7 cm³/mol. The number of benzene rings is 1. The van der Waals surface area contributed by atoms with E-state index >= 15 is 0 Å². The molecule has 0 aliphatic heterocycles. The highest BCUT2D eigenvalue weighted by atomic mass is 35.5. The zero-order chi connectivity index (χ0) is 12.1. The molecule has 1 N–H and O–H groups in total. The molecule has 1 rings (SSSR count). The van der Waals surface area contributed by atoms with Gasteiger partial charge in [-0.3, -0.25) is 0 Å². The standard InChI is InChI=1S/C13H17ClN2/c1-4-9(2)10(3)16-12-5-6-13(14)11(7-12)8-15/h5-7,9-10,16H,4H2,1-3H3. The largest absolute Gasteiger partial charge is 0.382 e. The van der Waals surface area contributed by atoms with Crippen molar-refractivity contribution in [3.05, 3.63) is 28.8 Å². The molecule has 2 nitrogen and oxygen atoms in total. The lowest BCUT2D eigenvalue weighted by molar-refractivity contribution is 0.494. The van der Waals surface area contributed by atoms with Crippen LogP contribution in [0.1, 0.15) is 32.8 Å². The monoisotopic (exact) mass is 236 g/mol. The van der Waals surface area contributed by atoms with Crippen molar-refractivity contribution >= 4 is 17.3 Å². The van der Waals surface area contributed by atoms with Gasteiger partial charge >= 0.3 is 0 Å². The fourth-order valence-corrected chi connectivity index (χ4v) is 1.62. The lowest BCUT2D eigenvalue weighted by Gasteiger charge is -2.21. The molecule has 0 saturated carbocycles. The first-order chi connectivity index (χ1) is 7.58. The van der Waals surface area contributed by atoms with Gasteiger partial charge in [0.15, 0.2) is 0 Å². The van der Waals surface area contributed by atoms with Gasteiger partial charge in [0.2, 0.25) is 0 Å². The molecular weight excluding hydrogens is 220 g/mol. The molecule has 0 fully saturated rings. The quantitative estimate of drug-likeness (QED) is 0.856. The van der Waals surface area contributed by atoms with Gasteiger partial charge < -0.3 is 5.32 Å². The van der Waals surface area contributed by atoms with Crippen LogP contribution in [0.5, 0.6) is 0 Å². The number of rotatable bonds is 4. The Hall–Kier alpha value is -1.20. The van der Waals surface area contributed by atoms with E-state index in [4.69, 9.17) is 16.9 Å². The molecule has 0 spiro atoms. The molecule has 3 heteroatoms. The van der Waals surface area contributed by atoms with Gasteiger partial charge in [-0.1, -0.05) is 31.9 Å². The van der Waals surface area contributed by atoms with Crippen molar-refractivity contribution in [3.8, 4) is 6.07 Å². The Labute approximate surface area is 102 Å². The molecule has 0 bridgehead atoms. The lowest BCUT2D eigenvalue weighted by Crippen LogP contribution is -2.23. The van der Waals surface area contributed by atoms with Crippen molar-refractivity contribution in [1.29, 1.82) is 5.26 Å². The summed E-state index contributed by atoms with van der Waals surface area (Å²) >= 11 is 5.87. The van der Waals surface area contributed by atoms with Crippen molar-refractivity contribution in [1.82, 2.24) is 0 Å². The lowest BCUT2D eigenvalue weighted by atomic mass is 10.0. The second-order valence-electron chi connectivity index (χ2n) is 4.12. The van der Waals surface area contributed by atoms with Crippen molar-refractivity contribution in [2.45, 2.75) is 33.2 Å². The van der Waals surface area contributed by atoms with Crippen LogP contribution in [0.4, 0.5) is 5.69 Å². The first-order valence-electron chi connectivity index (χ1n) is 5.54. The molecule has 2 atom stereocenters. The molecule has 0 aliphatic carbocycles. The number of nitrogens with zero attached hydrogens (tertiary/aromatic N) is 1. The maximum absolute atomic E-state index is 8.87. The molecule has 0 saturated heterocycles. The van der Waals surface area contributed by atoms with Gasteiger partial charge in [0.05, 0.1) is 10.6 Å². The third-order valence-corrected chi connectivity index (χ3v) is 3.31. The first-order valence-corrected chi connectivity index (χ1v) is 5.92. The third-order valence-electron chi connectivity index (χ3n) is 2.98. The van der Waals surface area contributed by atoms with Crippen LogP contribution in [-0.2, 0) is 0 Å². The van der Waals surface area contributed by atoms with E-state index < -0.39 is 0 Å². The summed E-state index contributed by atoms with van der Waals surface area (Å²) in [6.45, 7) is 6.53. The topological polar surface area (TPSA) is 35.8 Å². The summed E-state index contributed by atoms with van der Waals surface area (Å²) in [4.78, 5) is 0. The Balaban J connectivity index is 2.79. The fraction of sp³-hybridized carbons (Fsp3) is 0.462. The second-order valence-corrected chi connectivity index (χ2v) is 4.53. The fourth-order valence-electron chi connectivity index (χ4n) is 1.46. The Bertz CT molecular complexity index is 395. The maximum Gasteiger partial charge on any atom is 0.101 e. The normalized spacial score (nSPS) is 13.9. The average molecular weight is 237 g/mol. The predicted octanol–water partition coefficient (Wildman–Crippen LogP) is 4.06. The van der Waals surface area contributed by atoms with Crippen LogP contribution in [-0.4, -0.2) is 6.04 Å². The zero-order valence-corrected chi connectivity index (χ0v) is 10.7. The Kier molecular flexibility index (Phi) is 4.64. The van der Waals surface area contributed by atoms with Gasteiger partial charge in [0.1, 0.15) is 6.07 Å². The van der Waals surface area contributed by atoms with Crippen molar-refractivity contribution in [2.75, 3.05) is 5.32 Å². The summed E-state index contributed by atoms with van der Waals surface area (Å²) in [7, 11) is 0. The van der Waals surface area contributed by atoms with Crippen LogP contribution in [0.2, 0.25) is 5.02 Å². The molecule has 0 heterocycles. The van der Waals surface area contributed by atoms with Crippen molar-refractivity contribution in [3.63, 3.8) is 0 Å². The van der Waals surface area contributed by atoms with Gasteiger partial charge in [-0.2, -0.15) is 5.26 Å². The number of nitriles is 1. The summed E-state index contributed by atoms with van der Waals surface area (Å²) in [5.74, 6) is 0.598. The highest BCUT2D eigenvalue weighted by molar-refractivity contribution is 6.31. The van der Waals surface area contributed by atoms with E-state index in [0.717, 1.165) is 12.1 Å². The molecule has 1 aromatic carbocycles. The number of halogens is 1.